The van der Waals surface area contributed by atoms with Crippen LogP contribution in [0.25, 0.3) is 0 Å². The predicted octanol–water partition coefficient (Wildman–Crippen LogP) is 2.79. The van der Waals surface area contributed by atoms with Gasteiger partial charge in [-0.1, -0.05) is 31.2 Å². The lowest BCUT2D eigenvalue weighted by Crippen LogP contribution is -3.13. The lowest BCUT2D eigenvalue weighted by Gasteiger charge is -2.39. The number of methoxy groups -OCH3 is 2. The molecule has 1 heterocycles. The van der Waals surface area contributed by atoms with Crippen molar-refractivity contribution in [2.24, 2.45) is 0 Å². The van der Waals surface area contributed by atoms with Crippen molar-refractivity contribution in [3.63, 3.8) is 0 Å². The van der Waals surface area contributed by atoms with Gasteiger partial charge < -0.3 is 25.0 Å². The summed E-state index contributed by atoms with van der Waals surface area (Å²) in [6.45, 7) is 8.75. The normalized spacial score (nSPS) is 18.6. The molecule has 3 rings (SSSR count). The van der Waals surface area contributed by atoms with Crippen LogP contribution in [0.1, 0.15) is 48.6 Å². The van der Waals surface area contributed by atoms with Gasteiger partial charge in [-0.2, -0.15) is 0 Å². The van der Waals surface area contributed by atoms with E-state index in [2.05, 4.69) is 60.9 Å². The quantitative estimate of drug-likeness (QED) is 0.608. The van der Waals surface area contributed by atoms with Gasteiger partial charge in [0, 0.05) is 24.1 Å². The number of urea groups is 1. The molecule has 31 heavy (non-hydrogen) atoms. The molecule has 0 aromatic heterocycles. The number of carbonyl (C=O) groups excluding carboxylic acids is 1. The van der Waals surface area contributed by atoms with Crippen LogP contribution in [-0.4, -0.2) is 39.4 Å². The largest absolute Gasteiger partial charge is 0.493 e. The number of rotatable bonds is 8. The summed E-state index contributed by atoms with van der Waals surface area (Å²) in [6.07, 6.45) is 1.80. The van der Waals surface area contributed by atoms with Crippen LogP contribution in [0.4, 0.5) is 4.79 Å². The highest BCUT2D eigenvalue weighted by atomic mass is 16.5. The van der Waals surface area contributed by atoms with Gasteiger partial charge in [-0.3, -0.25) is 0 Å². The van der Waals surface area contributed by atoms with Gasteiger partial charge in [0.15, 0.2) is 11.5 Å². The number of fused-ring (bicyclic) bond motifs is 1. The highest BCUT2D eigenvalue weighted by Gasteiger charge is 2.38. The zero-order chi connectivity index (χ0) is 22.4. The van der Waals surface area contributed by atoms with Crippen LogP contribution in [0.15, 0.2) is 36.4 Å². The van der Waals surface area contributed by atoms with Gasteiger partial charge in [-0.05, 0) is 43.5 Å². The average Bonchev–Trinajstić information content (AvgIpc) is 2.78. The molecule has 6 nitrogen and oxygen atoms in total. The fourth-order valence-electron chi connectivity index (χ4n) is 4.67. The number of ether oxygens (including phenoxy) is 2. The van der Waals surface area contributed by atoms with Crippen LogP contribution in [0, 0.1) is 6.92 Å². The summed E-state index contributed by atoms with van der Waals surface area (Å²) in [6, 6.07) is 12.8. The minimum atomic E-state index is -0.114. The smallest absolute Gasteiger partial charge is 0.315 e. The van der Waals surface area contributed by atoms with Crippen molar-refractivity contribution in [2.45, 2.75) is 52.2 Å². The number of hydrogen-bond acceptors (Lipinski definition) is 3. The third-order valence-electron chi connectivity index (χ3n) is 6.31. The van der Waals surface area contributed by atoms with E-state index in [0.29, 0.717) is 6.54 Å². The Labute approximate surface area is 185 Å². The first-order valence-electron chi connectivity index (χ1n) is 11.2. The van der Waals surface area contributed by atoms with E-state index in [1.807, 2.05) is 6.92 Å². The van der Waals surface area contributed by atoms with Crippen molar-refractivity contribution in [1.82, 2.24) is 10.6 Å². The first kappa shape index (κ1) is 22.9. The Morgan fingerprint density at radius 1 is 1.16 bits per heavy atom. The van der Waals surface area contributed by atoms with Gasteiger partial charge in [0.05, 0.1) is 26.8 Å². The van der Waals surface area contributed by atoms with Crippen LogP contribution >= 0.6 is 0 Å². The van der Waals surface area contributed by atoms with E-state index in [0.717, 1.165) is 37.4 Å². The first-order chi connectivity index (χ1) is 15.0. The molecule has 2 aromatic rings. The Hall–Kier alpha value is -2.73. The van der Waals surface area contributed by atoms with Crippen molar-refractivity contribution in [3.8, 4) is 11.5 Å². The van der Waals surface area contributed by atoms with Gasteiger partial charge in [0.1, 0.15) is 12.6 Å². The molecule has 0 fully saturated rings. The number of hydrogen-bond donors (Lipinski definition) is 3. The molecule has 1 unspecified atom stereocenters. The Bertz CT molecular complexity index is 900. The number of carbonyl (C=O) groups is 1. The van der Waals surface area contributed by atoms with E-state index in [-0.39, 0.29) is 18.1 Å². The van der Waals surface area contributed by atoms with Crippen LogP contribution in [0.3, 0.4) is 0 Å². The van der Waals surface area contributed by atoms with Crippen molar-refractivity contribution < 1.29 is 19.2 Å². The van der Waals surface area contributed by atoms with E-state index in [4.69, 9.17) is 9.47 Å². The van der Waals surface area contributed by atoms with Crippen molar-refractivity contribution >= 4 is 6.03 Å². The van der Waals surface area contributed by atoms with Gasteiger partial charge in [-0.15, -0.1) is 0 Å². The summed E-state index contributed by atoms with van der Waals surface area (Å²) < 4.78 is 11.2. The zero-order valence-electron chi connectivity index (χ0n) is 19.4. The molecule has 0 radical (unpaired) electrons. The third-order valence-corrected chi connectivity index (χ3v) is 6.31. The number of benzene rings is 2. The second-order valence-corrected chi connectivity index (χ2v) is 8.16. The molecule has 2 amide bonds. The molecule has 0 aliphatic carbocycles. The summed E-state index contributed by atoms with van der Waals surface area (Å²) in [4.78, 5) is 13.9. The minimum absolute atomic E-state index is 0.00252. The van der Waals surface area contributed by atoms with E-state index in [9.17, 15) is 4.79 Å². The van der Waals surface area contributed by atoms with Gasteiger partial charge >= 0.3 is 6.03 Å². The molecular weight excluding hydrogens is 390 g/mol. The lowest BCUT2D eigenvalue weighted by atomic mass is 9.86. The highest BCUT2D eigenvalue weighted by molar-refractivity contribution is 5.74. The lowest BCUT2D eigenvalue weighted by molar-refractivity contribution is -0.948. The number of aryl methyl sites for hydroxylation is 1. The molecule has 1 aliphatic heterocycles. The molecule has 2 aromatic carbocycles. The summed E-state index contributed by atoms with van der Waals surface area (Å²) >= 11 is 0. The molecular formula is C25H36N3O3+. The number of quaternary nitrogens is 1. The van der Waals surface area contributed by atoms with E-state index >= 15 is 0 Å². The molecule has 0 saturated heterocycles. The monoisotopic (exact) mass is 426 g/mol. The fraction of sp³-hybridized carbons (Fsp3) is 0.480. The maximum atomic E-state index is 12.4. The van der Waals surface area contributed by atoms with Crippen molar-refractivity contribution in [1.29, 1.82) is 0 Å². The number of nitrogens with one attached hydrogen (secondary N) is 3. The molecule has 0 saturated carbocycles. The predicted molar refractivity (Wildman–Crippen MR) is 123 cm³/mol. The molecule has 0 bridgehead atoms. The Morgan fingerprint density at radius 3 is 2.52 bits per heavy atom. The SMILES string of the molecule is CCNC(=O)N[C@@H](CC)[C@H]1c2cc(OC)c(OC)cc2CC[NH+]1Cc1ccccc1C. The van der Waals surface area contributed by atoms with E-state index in [1.54, 1.807) is 14.2 Å². The van der Waals surface area contributed by atoms with Crippen molar-refractivity contribution in [2.75, 3.05) is 27.3 Å². The summed E-state index contributed by atoms with van der Waals surface area (Å²) in [7, 11) is 3.34. The maximum Gasteiger partial charge on any atom is 0.315 e. The fourth-order valence-corrected chi connectivity index (χ4v) is 4.67. The maximum absolute atomic E-state index is 12.4. The van der Waals surface area contributed by atoms with Gasteiger partial charge in [0.2, 0.25) is 0 Å². The second kappa shape index (κ2) is 10.5. The Morgan fingerprint density at radius 2 is 1.87 bits per heavy atom. The average molecular weight is 427 g/mol. The van der Waals surface area contributed by atoms with Crippen LogP contribution in [0.5, 0.6) is 11.5 Å². The van der Waals surface area contributed by atoms with E-state index in [1.165, 1.54) is 27.2 Å². The van der Waals surface area contributed by atoms with Crippen LogP contribution in [0.2, 0.25) is 0 Å². The van der Waals surface area contributed by atoms with Crippen LogP contribution < -0.4 is 25.0 Å². The molecule has 3 atom stereocenters. The molecule has 3 N–H and O–H groups in total. The van der Waals surface area contributed by atoms with Gasteiger partial charge in [-0.25, -0.2) is 4.79 Å². The van der Waals surface area contributed by atoms with Crippen LogP contribution in [-0.2, 0) is 13.0 Å². The second-order valence-electron chi connectivity index (χ2n) is 8.16. The minimum Gasteiger partial charge on any atom is -0.493 e. The highest BCUT2D eigenvalue weighted by Crippen LogP contribution is 2.35. The van der Waals surface area contributed by atoms with Gasteiger partial charge in [0.25, 0.3) is 0 Å². The Kier molecular flexibility index (Phi) is 7.80. The molecule has 168 valence electrons. The standard InChI is InChI=1S/C25H35N3O3/c1-6-21(27-25(29)26-7-2)24-20-15-23(31-5)22(30-4)14-18(20)12-13-28(24)16-19-11-9-8-10-17(19)3/h8-11,14-15,21,24H,6-7,12-13,16H2,1-5H3,(H2,26,27,29)/p+1/t21-,24+/m0/s1. The molecule has 6 heteroatoms. The summed E-state index contributed by atoms with van der Waals surface area (Å²) in [5.41, 5.74) is 5.15. The zero-order valence-corrected chi connectivity index (χ0v) is 19.4. The van der Waals surface area contributed by atoms with E-state index < -0.39 is 0 Å². The summed E-state index contributed by atoms with van der Waals surface area (Å²) in [5, 5.41) is 6.12. The molecule has 0 spiro atoms. The topological polar surface area (TPSA) is 64.0 Å². The van der Waals surface area contributed by atoms with Crippen molar-refractivity contribution in [3.05, 3.63) is 58.7 Å². The Balaban J connectivity index is 2.03. The third kappa shape index (κ3) is 5.13. The first-order valence-corrected chi connectivity index (χ1v) is 11.2. The summed E-state index contributed by atoms with van der Waals surface area (Å²) in [5.74, 6) is 1.49. The number of amides is 2. The molecule has 1 aliphatic rings.